The number of nitrogens with two attached hydrogens (primary N) is 1. The third-order valence-electron chi connectivity index (χ3n) is 4.98. The Balaban J connectivity index is 2.50. The molecule has 0 aromatic heterocycles. The van der Waals surface area contributed by atoms with E-state index in [0.29, 0.717) is 5.56 Å². The SMILES string of the molecule is COC(=O)C1=C(C(=O)OC)N(c2ccccc2S(=O)(=O)Cl)C(N)=C(C#N)C1c1ccccc1. The number of ether oxygens (including phenoxy) is 2. The van der Waals surface area contributed by atoms with E-state index in [1.54, 1.807) is 30.3 Å². The smallest absolute Gasteiger partial charge is 0.355 e. The zero-order valence-electron chi connectivity index (χ0n) is 17.5. The third kappa shape index (κ3) is 4.28. The molecular weight excluding hydrogens is 470 g/mol. The van der Waals surface area contributed by atoms with Crippen LogP contribution in [0.5, 0.6) is 0 Å². The molecule has 170 valence electrons. The van der Waals surface area contributed by atoms with Gasteiger partial charge in [-0.05, 0) is 17.7 Å². The van der Waals surface area contributed by atoms with Crippen LogP contribution in [-0.2, 0) is 28.1 Å². The topological polar surface area (TPSA) is 140 Å². The van der Waals surface area contributed by atoms with Crippen molar-refractivity contribution in [3.05, 3.63) is 82.8 Å². The fourth-order valence-electron chi connectivity index (χ4n) is 3.61. The largest absolute Gasteiger partial charge is 0.466 e. The maximum atomic E-state index is 13.0. The first kappa shape index (κ1) is 23.8. The lowest BCUT2D eigenvalue weighted by Gasteiger charge is -2.36. The molecule has 2 aromatic rings. The number of allylic oxidation sites excluding steroid dienone is 1. The molecule has 9 nitrogen and oxygen atoms in total. The van der Waals surface area contributed by atoms with Crippen molar-refractivity contribution in [1.82, 2.24) is 0 Å². The molecule has 3 rings (SSSR count). The summed E-state index contributed by atoms with van der Waals surface area (Å²) in [5.74, 6) is -3.28. The van der Waals surface area contributed by atoms with Crippen LogP contribution in [0, 0.1) is 11.3 Å². The lowest BCUT2D eigenvalue weighted by molar-refractivity contribution is -0.139. The van der Waals surface area contributed by atoms with Gasteiger partial charge in [0.15, 0.2) is 0 Å². The lowest BCUT2D eigenvalue weighted by atomic mass is 9.81. The Bertz CT molecular complexity index is 1330. The van der Waals surface area contributed by atoms with Gasteiger partial charge in [-0.25, -0.2) is 18.0 Å². The minimum Gasteiger partial charge on any atom is -0.466 e. The average Bonchev–Trinajstić information content (AvgIpc) is 2.82. The number of halogens is 1. The standard InChI is InChI=1S/C22H18ClN3O6S/c1-31-21(27)18-17(13-8-4-3-5-9-13)14(12-24)20(25)26(19(18)22(28)32-2)15-10-6-7-11-16(15)33(23,29)30/h3-11,17H,25H2,1-2H3. The number of nitriles is 1. The molecule has 1 heterocycles. The van der Waals surface area contributed by atoms with Gasteiger partial charge in [0.1, 0.15) is 16.4 Å². The number of nitrogens with zero attached hydrogens (tertiary/aromatic N) is 2. The van der Waals surface area contributed by atoms with Crippen molar-refractivity contribution in [2.24, 2.45) is 5.73 Å². The molecule has 0 saturated carbocycles. The number of para-hydroxylation sites is 1. The second-order valence-corrected chi connectivity index (χ2v) is 9.28. The molecule has 2 N–H and O–H groups in total. The van der Waals surface area contributed by atoms with E-state index in [1.165, 1.54) is 24.3 Å². The third-order valence-corrected chi connectivity index (χ3v) is 6.35. The van der Waals surface area contributed by atoms with E-state index in [2.05, 4.69) is 0 Å². The monoisotopic (exact) mass is 487 g/mol. The Labute approximate surface area is 194 Å². The highest BCUT2D eigenvalue weighted by atomic mass is 35.7. The van der Waals surface area contributed by atoms with Crippen LogP contribution in [-0.4, -0.2) is 34.6 Å². The number of carbonyl (C=O) groups is 2. The normalized spacial score (nSPS) is 16.3. The maximum absolute atomic E-state index is 13.0. The molecule has 0 aliphatic carbocycles. The quantitative estimate of drug-likeness (QED) is 0.497. The van der Waals surface area contributed by atoms with Crippen molar-refractivity contribution in [3.8, 4) is 6.07 Å². The van der Waals surface area contributed by atoms with Crippen LogP contribution in [0.2, 0.25) is 0 Å². The molecule has 0 amide bonds. The predicted molar refractivity (Wildman–Crippen MR) is 119 cm³/mol. The highest BCUT2D eigenvalue weighted by Gasteiger charge is 2.43. The van der Waals surface area contributed by atoms with E-state index in [9.17, 15) is 23.3 Å². The molecule has 11 heteroatoms. The number of rotatable bonds is 5. The van der Waals surface area contributed by atoms with E-state index in [4.69, 9.17) is 25.9 Å². The first-order chi connectivity index (χ1) is 15.7. The van der Waals surface area contributed by atoms with Crippen molar-refractivity contribution < 1.29 is 27.5 Å². The average molecular weight is 488 g/mol. The molecule has 0 bridgehead atoms. The molecule has 33 heavy (non-hydrogen) atoms. The second-order valence-electron chi connectivity index (χ2n) is 6.74. The van der Waals surface area contributed by atoms with Crippen molar-refractivity contribution in [3.63, 3.8) is 0 Å². The summed E-state index contributed by atoms with van der Waals surface area (Å²) < 4.78 is 34.3. The molecule has 1 atom stereocenters. The maximum Gasteiger partial charge on any atom is 0.355 e. The Morgan fingerprint density at radius 2 is 1.61 bits per heavy atom. The fraction of sp³-hybridized carbons (Fsp3) is 0.136. The minimum atomic E-state index is -4.32. The number of methoxy groups -OCH3 is 2. The van der Waals surface area contributed by atoms with Gasteiger partial charge in [0.2, 0.25) is 0 Å². The van der Waals surface area contributed by atoms with Crippen molar-refractivity contribution in [2.45, 2.75) is 10.8 Å². The summed E-state index contributed by atoms with van der Waals surface area (Å²) in [6.07, 6.45) is 0. The predicted octanol–water partition coefficient (Wildman–Crippen LogP) is 2.51. The van der Waals surface area contributed by atoms with Crippen molar-refractivity contribution in [1.29, 1.82) is 5.26 Å². The van der Waals surface area contributed by atoms with Gasteiger partial charge in [0.25, 0.3) is 9.05 Å². The molecule has 1 aliphatic rings. The van der Waals surface area contributed by atoms with E-state index < -0.39 is 37.5 Å². The number of hydrogen-bond acceptors (Lipinski definition) is 9. The van der Waals surface area contributed by atoms with Crippen LogP contribution in [0.3, 0.4) is 0 Å². The van der Waals surface area contributed by atoms with Crippen LogP contribution < -0.4 is 10.6 Å². The van der Waals surface area contributed by atoms with Crippen LogP contribution in [0.1, 0.15) is 11.5 Å². The van der Waals surface area contributed by atoms with Gasteiger partial charge in [-0.2, -0.15) is 5.26 Å². The zero-order valence-corrected chi connectivity index (χ0v) is 19.1. The van der Waals surface area contributed by atoms with Gasteiger partial charge in [-0.15, -0.1) is 0 Å². The molecule has 0 saturated heterocycles. The van der Waals surface area contributed by atoms with E-state index >= 15 is 0 Å². The van der Waals surface area contributed by atoms with Gasteiger partial charge in [-0.1, -0.05) is 42.5 Å². The number of anilines is 1. The van der Waals surface area contributed by atoms with Gasteiger partial charge >= 0.3 is 11.9 Å². The van der Waals surface area contributed by atoms with Crippen LogP contribution >= 0.6 is 10.7 Å². The number of carbonyl (C=O) groups excluding carboxylic acids is 2. The minimum absolute atomic E-state index is 0.101. The summed E-state index contributed by atoms with van der Waals surface area (Å²) in [5.41, 5.74) is 5.93. The Kier molecular flexibility index (Phi) is 6.76. The Hall–Kier alpha value is -3.81. The van der Waals surface area contributed by atoms with Crippen molar-refractivity contribution >= 4 is 37.4 Å². The molecule has 2 aromatic carbocycles. The fourth-order valence-corrected chi connectivity index (χ4v) is 4.65. The summed E-state index contributed by atoms with van der Waals surface area (Å²) in [4.78, 5) is 26.5. The summed E-state index contributed by atoms with van der Waals surface area (Å²) in [5, 5.41) is 9.99. The summed E-state index contributed by atoms with van der Waals surface area (Å²) >= 11 is 0. The zero-order chi connectivity index (χ0) is 24.3. The molecule has 1 aliphatic heterocycles. The summed E-state index contributed by atoms with van der Waals surface area (Å²) in [6.45, 7) is 0. The molecule has 1 unspecified atom stereocenters. The highest BCUT2D eigenvalue weighted by Crippen LogP contribution is 2.44. The van der Waals surface area contributed by atoms with Gasteiger partial charge in [0, 0.05) is 10.7 Å². The lowest BCUT2D eigenvalue weighted by Crippen LogP contribution is -2.41. The van der Waals surface area contributed by atoms with E-state index in [1.807, 2.05) is 6.07 Å². The molecule has 0 fully saturated rings. The van der Waals surface area contributed by atoms with Gasteiger partial charge < -0.3 is 15.2 Å². The highest BCUT2D eigenvalue weighted by molar-refractivity contribution is 8.13. The molecular formula is C22H18ClN3O6S. The van der Waals surface area contributed by atoms with Crippen LogP contribution in [0.4, 0.5) is 5.69 Å². The second kappa shape index (κ2) is 9.36. The molecule has 0 spiro atoms. The number of hydrogen-bond donors (Lipinski definition) is 1. The summed E-state index contributed by atoms with van der Waals surface area (Å²) in [6, 6.07) is 15.8. The van der Waals surface area contributed by atoms with Crippen LogP contribution in [0.25, 0.3) is 0 Å². The van der Waals surface area contributed by atoms with Gasteiger partial charge in [0.05, 0.1) is 43.0 Å². The van der Waals surface area contributed by atoms with E-state index in [0.717, 1.165) is 19.1 Å². The Morgan fingerprint density at radius 3 is 2.15 bits per heavy atom. The molecule has 0 radical (unpaired) electrons. The number of benzene rings is 2. The number of esters is 2. The first-order valence-electron chi connectivity index (χ1n) is 9.36. The van der Waals surface area contributed by atoms with Crippen LogP contribution in [0.15, 0.2) is 82.2 Å². The first-order valence-corrected chi connectivity index (χ1v) is 11.7. The van der Waals surface area contributed by atoms with Crippen molar-refractivity contribution in [2.75, 3.05) is 19.1 Å². The van der Waals surface area contributed by atoms with E-state index in [-0.39, 0.29) is 22.7 Å². The summed E-state index contributed by atoms with van der Waals surface area (Å²) in [7, 11) is 3.50. The van der Waals surface area contributed by atoms with Gasteiger partial charge in [-0.3, -0.25) is 4.90 Å². The Morgan fingerprint density at radius 1 is 1.03 bits per heavy atom.